The topological polar surface area (TPSA) is 38.3 Å². The van der Waals surface area contributed by atoms with Gasteiger partial charge in [-0.2, -0.15) is 0 Å². The highest BCUT2D eigenvalue weighted by Crippen LogP contribution is 2.12. The zero-order chi connectivity index (χ0) is 8.91. The van der Waals surface area contributed by atoms with Crippen LogP contribution in [0, 0.1) is 0 Å². The summed E-state index contributed by atoms with van der Waals surface area (Å²) in [6, 6.07) is 0. The number of hydrogen-bond acceptors (Lipinski definition) is 3. The van der Waals surface area contributed by atoms with Crippen LogP contribution in [0.4, 0.5) is 0 Å². The van der Waals surface area contributed by atoms with Crippen LogP contribution >= 0.6 is 11.6 Å². The van der Waals surface area contributed by atoms with E-state index in [9.17, 15) is 4.79 Å². The highest BCUT2D eigenvalue weighted by atomic mass is 35.5. The molecule has 0 aromatic heterocycles. The Bertz CT molecular complexity index is 128. The third-order valence-corrected chi connectivity index (χ3v) is 2.09. The fourth-order valence-corrected chi connectivity index (χ4v) is 1.09. The molecule has 0 spiro atoms. The smallest absolute Gasteiger partial charge is 0.293 e. The lowest BCUT2D eigenvalue weighted by molar-refractivity contribution is -0.135. The minimum atomic E-state index is -0.285. The lowest BCUT2D eigenvalue weighted by Crippen LogP contribution is -2.49. The molecular weight excluding hydrogens is 166 g/mol. The molecule has 1 unspecified atom stereocenters. The van der Waals surface area contributed by atoms with Gasteiger partial charge in [0.2, 0.25) is 0 Å². The fourth-order valence-electron chi connectivity index (χ4n) is 0.627. The molecule has 1 atom stereocenters. The second kappa shape index (κ2) is 4.57. The summed E-state index contributed by atoms with van der Waals surface area (Å²) in [5, 5.41) is 3.01. The summed E-state index contributed by atoms with van der Waals surface area (Å²) in [5.74, 6) is 0.298. The third kappa shape index (κ3) is 3.08. The minimum Gasteiger partial charge on any atom is -0.461 e. The maximum atomic E-state index is 10.0. The highest BCUT2D eigenvalue weighted by Gasteiger charge is 2.28. The van der Waals surface area contributed by atoms with Crippen molar-refractivity contribution in [2.24, 2.45) is 0 Å². The Morgan fingerprint density at radius 3 is 2.55 bits per heavy atom. The molecule has 0 aromatic rings. The highest BCUT2D eigenvalue weighted by molar-refractivity contribution is 6.18. The standard InChI is InChI=1S/C7H14ClNO2/c1-7(2,9-3)6(4-8)11-5-10/h5-6,9H,4H2,1-3H3. The number of halogens is 1. The van der Waals surface area contributed by atoms with Gasteiger partial charge < -0.3 is 10.1 Å². The Labute approximate surface area is 72.1 Å². The second-order valence-corrected chi connectivity index (χ2v) is 3.16. The van der Waals surface area contributed by atoms with Gasteiger partial charge >= 0.3 is 0 Å². The van der Waals surface area contributed by atoms with E-state index in [2.05, 4.69) is 5.32 Å². The molecule has 0 aliphatic heterocycles. The summed E-state index contributed by atoms with van der Waals surface area (Å²) in [5.41, 5.74) is -0.275. The van der Waals surface area contributed by atoms with Crippen LogP contribution in [-0.2, 0) is 9.53 Å². The van der Waals surface area contributed by atoms with Crippen molar-refractivity contribution >= 4 is 18.1 Å². The molecule has 66 valence electrons. The van der Waals surface area contributed by atoms with Gasteiger partial charge in [0.05, 0.1) is 11.4 Å². The average molecular weight is 180 g/mol. The van der Waals surface area contributed by atoms with Gasteiger partial charge in [-0.3, -0.25) is 4.79 Å². The fraction of sp³-hybridized carbons (Fsp3) is 0.857. The van der Waals surface area contributed by atoms with Crippen molar-refractivity contribution in [1.29, 1.82) is 0 Å². The Morgan fingerprint density at radius 2 is 2.27 bits per heavy atom. The first-order chi connectivity index (χ1) is 5.08. The molecule has 0 aliphatic carbocycles. The predicted molar refractivity (Wildman–Crippen MR) is 44.8 cm³/mol. The maximum absolute atomic E-state index is 10.0. The maximum Gasteiger partial charge on any atom is 0.293 e. The van der Waals surface area contributed by atoms with Gasteiger partial charge in [0, 0.05) is 0 Å². The van der Waals surface area contributed by atoms with Gasteiger partial charge in [0.25, 0.3) is 6.47 Å². The van der Waals surface area contributed by atoms with Crippen LogP contribution < -0.4 is 5.32 Å². The summed E-state index contributed by atoms with van der Waals surface area (Å²) in [6.07, 6.45) is -0.285. The molecule has 0 bridgehead atoms. The van der Waals surface area contributed by atoms with Gasteiger partial charge in [0.1, 0.15) is 6.10 Å². The van der Waals surface area contributed by atoms with Crippen LogP contribution in [0.1, 0.15) is 13.8 Å². The average Bonchev–Trinajstić information content (AvgIpc) is 2.00. The third-order valence-electron chi connectivity index (χ3n) is 1.81. The molecule has 0 heterocycles. The van der Waals surface area contributed by atoms with Crippen molar-refractivity contribution in [1.82, 2.24) is 5.32 Å². The number of carbonyl (C=O) groups excluding carboxylic acids is 1. The summed E-state index contributed by atoms with van der Waals surface area (Å²) in [7, 11) is 1.80. The molecule has 0 aromatic carbocycles. The zero-order valence-electron chi connectivity index (χ0n) is 7.06. The molecule has 0 saturated heterocycles. The van der Waals surface area contributed by atoms with Crippen LogP contribution in [0.25, 0.3) is 0 Å². The van der Waals surface area contributed by atoms with Gasteiger partial charge in [-0.25, -0.2) is 0 Å². The SMILES string of the molecule is CNC(C)(C)C(CCl)OC=O. The van der Waals surface area contributed by atoms with Crippen LogP contribution in [0.2, 0.25) is 0 Å². The van der Waals surface area contributed by atoms with Crippen molar-refractivity contribution in [2.75, 3.05) is 12.9 Å². The van der Waals surface area contributed by atoms with Crippen molar-refractivity contribution in [3.8, 4) is 0 Å². The van der Waals surface area contributed by atoms with Gasteiger partial charge in [0.15, 0.2) is 0 Å². The van der Waals surface area contributed by atoms with Crippen molar-refractivity contribution < 1.29 is 9.53 Å². The summed E-state index contributed by atoms with van der Waals surface area (Å²) < 4.78 is 4.77. The van der Waals surface area contributed by atoms with Crippen LogP contribution in [0.15, 0.2) is 0 Å². The molecule has 0 saturated carbocycles. The van der Waals surface area contributed by atoms with Gasteiger partial charge in [-0.15, -0.1) is 11.6 Å². The first-order valence-electron chi connectivity index (χ1n) is 3.42. The van der Waals surface area contributed by atoms with E-state index in [1.807, 2.05) is 13.8 Å². The van der Waals surface area contributed by atoms with Gasteiger partial charge in [-0.1, -0.05) is 0 Å². The summed E-state index contributed by atoms with van der Waals surface area (Å²) in [4.78, 5) is 10.0. The van der Waals surface area contributed by atoms with E-state index in [0.717, 1.165) is 0 Å². The van der Waals surface area contributed by atoms with E-state index >= 15 is 0 Å². The Hall–Kier alpha value is -0.280. The van der Waals surface area contributed by atoms with E-state index in [4.69, 9.17) is 16.3 Å². The Balaban J connectivity index is 4.10. The minimum absolute atomic E-state index is 0.275. The zero-order valence-corrected chi connectivity index (χ0v) is 7.81. The van der Waals surface area contributed by atoms with Crippen LogP contribution in [-0.4, -0.2) is 31.0 Å². The van der Waals surface area contributed by atoms with Crippen molar-refractivity contribution in [3.63, 3.8) is 0 Å². The predicted octanol–water partition coefficient (Wildman–Crippen LogP) is 0.765. The summed E-state index contributed by atoms with van der Waals surface area (Å²) >= 11 is 5.59. The second-order valence-electron chi connectivity index (χ2n) is 2.85. The Morgan fingerprint density at radius 1 is 1.73 bits per heavy atom. The molecule has 3 nitrogen and oxygen atoms in total. The van der Waals surface area contributed by atoms with Gasteiger partial charge in [-0.05, 0) is 20.9 Å². The normalized spacial score (nSPS) is 14.2. The molecule has 4 heteroatoms. The largest absolute Gasteiger partial charge is 0.461 e. The number of rotatable bonds is 5. The molecule has 0 aliphatic rings. The van der Waals surface area contributed by atoms with E-state index in [1.54, 1.807) is 7.05 Å². The Kier molecular flexibility index (Phi) is 4.45. The molecule has 0 radical (unpaired) electrons. The first-order valence-corrected chi connectivity index (χ1v) is 3.96. The number of nitrogens with one attached hydrogen (secondary N) is 1. The molecule has 0 rings (SSSR count). The van der Waals surface area contributed by atoms with Crippen LogP contribution in [0.5, 0.6) is 0 Å². The molecule has 1 N–H and O–H groups in total. The monoisotopic (exact) mass is 179 g/mol. The molecular formula is C7H14ClNO2. The quantitative estimate of drug-likeness (QED) is 0.501. The van der Waals surface area contributed by atoms with E-state index in [0.29, 0.717) is 12.4 Å². The number of hydrogen-bond donors (Lipinski definition) is 1. The molecule has 11 heavy (non-hydrogen) atoms. The van der Waals surface area contributed by atoms with E-state index in [1.165, 1.54) is 0 Å². The number of alkyl halides is 1. The lowest BCUT2D eigenvalue weighted by Gasteiger charge is -2.30. The van der Waals surface area contributed by atoms with Crippen molar-refractivity contribution in [2.45, 2.75) is 25.5 Å². The molecule has 0 amide bonds. The number of likely N-dealkylation sites (N-methyl/N-ethyl adjacent to an activating group) is 1. The number of ether oxygens (including phenoxy) is 1. The molecule has 0 fully saturated rings. The lowest BCUT2D eigenvalue weighted by atomic mass is 9.99. The summed E-state index contributed by atoms with van der Waals surface area (Å²) in [6.45, 7) is 4.26. The van der Waals surface area contributed by atoms with E-state index in [-0.39, 0.29) is 11.6 Å². The number of carbonyl (C=O) groups is 1. The van der Waals surface area contributed by atoms with Crippen molar-refractivity contribution in [3.05, 3.63) is 0 Å². The van der Waals surface area contributed by atoms with E-state index < -0.39 is 0 Å². The van der Waals surface area contributed by atoms with Crippen LogP contribution in [0.3, 0.4) is 0 Å². The first kappa shape index (κ1) is 10.7.